The third kappa shape index (κ3) is 3.90. The van der Waals surface area contributed by atoms with Gasteiger partial charge in [0, 0.05) is 30.4 Å². The molecule has 0 bridgehead atoms. The molecule has 138 valence electrons. The number of hydrogen-bond acceptors (Lipinski definition) is 4. The Hall–Kier alpha value is -2.34. The van der Waals surface area contributed by atoms with Gasteiger partial charge in [0.2, 0.25) is 0 Å². The lowest BCUT2D eigenvalue weighted by molar-refractivity contribution is 0.136. The molecule has 1 atom stereocenters. The zero-order chi connectivity index (χ0) is 17.8. The molecule has 0 radical (unpaired) electrons. The Morgan fingerprint density at radius 1 is 1.19 bits per heavy atom. The van der Waals surface area contributed by atoms with Crippen molar-refractivity contribution in [3.8, 4) is 11.3 Å². The fraction of sp³-hybridized carbons (Fsp3) is 0.500. The van der Waals surface area contributed by atoms with E-state index < -0.39 is 0 Å². The predicted molar refractivity (Wildman–Crippen MR) is 101 cm³/mol. The van der Waals surface area contributed by atoms with Crippen LogP contribution in [0.5, 0.6) is 0 Å². The van der Waals surface area contributed by atoms with Crippen LogP contribution < -0.4 is 5.32 Å². The Morgan fingerprint density at radius 2 is 2.04 bits per heavy atom. The summed E-state index contributed by atoms with van der Waals surface area (Å²) in [6.07, 6.45) is 9.06. The number of likely N-dealkylation sites (tertiary alicyclic amines) is 2. The smallest absolute Gasteiger partial charge is 0.322 e. The highest BCUT2D eigenvalue weighted by molar-refractivity contribution is 5.90. The fourth-order valence-corrected chi connectivity index (χ4v) is 4.02. The number of piperidine rings is 1. The molecule has 2 amide bonds. The molecular weight excluding hydrogens is 328 g/mol. The summed E-state index contributed by atoms with van der Waals surface area (Å²) in [6, 6.07) is 8.04. The first-order valence-electron chi connectivity index (χ1n) is 9.58. The van der Waals surface area contributed by atoms with E-state index in [1.165, 1.54) is 38.7 Å². The Balaban J connectivity index is 1.43. The summed E-state index contributed by atoms with van der Waals surface area (Å²) in [5.74, 6) is 0.700. The molecule has 1 aromatic heterocycles. The lowest BCUT2D eigenvalue weighted by atomic mass is 10.0. The normalized spacial score (nSPS) is 21.1. The molecule has 26 heavy (non-hydrogen) atoms. The van der Waals surface area contributed by atoms with Crippen LogP contribution in [-0.2, 0) is 0 Å². The topological polar surface area (TPSA) is 61.6 Å². The average Bonchev–Trinajstić information content (AvgIpc) is 3.36. The van der Waals surface area contributed by atoms with E-state index >= 15 is 0 Å². The number of hydrogen-bond donors (Lipinski definition) is 1. The molecule has 0 unspecified atom stereocenters. The van der Waals surface area contributed by atoms with Crippen LogP contribution in [0.4, 0.5) is 10.5 Å². The zero-order valence-corrected chi connectivity index (χ0v) is 15.1. The number of benzene rings is 1. The third-order valence-electron chi connectivity index (χ3n) is 5.39. The number of aromatic nitrogens is 1. The van der Waals surface area contributed by atoms with Gasteiger partial charge < -0.3 is 19.5 Å². The van der Waals surface area contributed by atoms with E-state index in [-0.39, 0.29) is 6.03 Å². The molecule has 2 saturated heterocycles. The summed E-state index contributed by atoms with van der Waals surface area (Å²) in [5.41, 5.74) is 1.70. The van der Waals surface area contributed by atoms with E-state index in [0.29, 0.717) is 11.8 Å². The Labute approximate surface area is 154 Å². The van der Waals surface area contributed by atoms with Crippen molar-refractivity contribution in [1.29, 1.82) is 0 Å². The van der Waals surface area contributed by atoms with Crippen molar-refractivity contribution in [2.45, 2.75) is 38.1 Å². The second kappa shape index (κ2) is 7.91. The van der Waals surface area contributed by atoms with E-state index in [2.05, 4.69) is 15.2 Å². The first-order valence-corrected chi connectivity index (χ1v) is 9.58. The predicted octanol–water partition coefficient (Wildman–Crippen LogP) is 3.82. The molecule has 1 aromatic carbocycles. The second-order valence-corrected chi connectivity index (χ2v) is 7.23. The van der Waals surface area contributed by atoms with Gasteiger partial charge in [0.05, 0.1) is 6.20 Å². The number of nitrogens with zero attached hydrogens (tertiary/aromatic N) is 3. The number of nitrogens with one attached hydrogen (secondary N) is 1. The van der Waals surface area contributed by atoms with Crippen molar-refractivity contribution < 1.29 is 9.21 Å². The number of oxazole rings is 1. The first kappa shape index (κ1) is 17.1. The van der Waals surface area contributed by atoms with Gasteiger partial charge in [0.15, 0.2) is 12.2 Å². The number of amides is 2. The zero-order valence-electron chi connectivity index (χ0n) is 15.1. The number of urea groups is 1. The summed E-state index contributed by atoms with van der Waals surface area (Å²) in [4.78, 5) is 21.4. The van der Waals surface area contributed by atoms with Gasteiger partial charge in [-0.3, -0.25) is 0 Å². The minimum Gasteiger partial charge on any atom is -0.444 e. The van der Waals surface area contributed by atoms with Crippen molar-refractivity contribution >= 4 is 11.7 Å². The molecule has 1 N–H and O–H groups in total. The van der Waals surface area contributed by atoms with Crippen molar-refractivity contribution in [3.63, 3.8) is 0 Å². The van der Waals surface area contributed by atoms with Crippen LogP contribution in [-0.4, -0.2) is 53.0 Å². The molecule has 6 heteroatoms. The summed E-state index contributed by atoms with van der Waals surface area (Å²) < 4.78 is 5.35. The largest absolute Gasteiger partial charge is 0.444 e. The Bertz CT molecular complexity index is 725. The number of rotatable bonds is 4. The maximum Gasteiger partial charge on any atom is 0.322 e. The summed E-state index contributed by atoms with van der Waals surface area (Å²) in [7, 11) is 0. The van der Waals surface area contributed by atoms with Gasteiger partial charge in [0.25, 0.3) is 0 Å². The molecule has 6 nitrogen and oxygen atoms in total. The summed E-state index contributed by atoms with van der Waals surface area (Å²) in [5, 5.41) is 3.08. The SMILES string of the molecule is O=C(Nc1cccc(-c2cnco2)c1)N1CCCC[C@H]1CN1CCCC1. The lowest BCUT2D eigenvalue weighted by Gasteiger charge is -2.37. The van der Waals surface area contributed by atoms with Gasteiger partial charge in [-0.05, 0) is 57.3 Å². The van der Waals surface area contributed by atoms with Gasteiger partial charge >= 0.3 is 6.03 Å². The van der Waals surface area contributed by atoms with Gasteiger partial charge in [0.1, 0.15) is 0 Å². The van der Waals surface area contributed by atoms with Gasteiger partial charge in [-0.1, -0.05) is 12.1 Å². The molecule has 2 fully saturated rings. The van der Waals surface area contributed by atoms with Crippen molar-refractivity contribution in [3.05, 3.63) is 36.9 Å². The van der Waals surface area contributed by atoms with Crippen LogP contribution in [0.2, 0.25) is 0 Å². The first-order chi connectivity index (χ1) is 12.8. The standard InChI is InChI=1S/C20H26N4O2/c25-20(22-17-7-5-6-16(12-17)19-13-21-15-26-19)24-11-2-1-8-18(24)14-23-9-3-4-10-23/h5-7,12-13,15,18H,1-4,8-11,14H2,(H,22,25)/t18-/m0/s1. The number of carbonyl (C=O) groups excluding carboxylic acids is 1. The van der Waals surface area contributed by atoms with Crippen molar-refractivity contribution in [2.24, 2.45) is 0 Å². The molecule has 4 rings (SSSR count). The van der Waals surface area contributed by atoms with E-state index in [1.54, 1.807) is 6.20 Å². The molecular formula is C20H26N4O2. The molecule has 0 spiro atoms. The minimum absolute atomic E-state index is 0.00335. The number of carbonyl (C=O) groups is 1. The fourth-order valence-electron chi connectivity index (χ4n) is 4.02. The molecule has 3 heterocycles. The van der Waals surface area contributed by atoms with Crippen LogP contribution in [0.15, 0.2) is 41.3 Å². The van der Waals surface area contributed by atoms with Gasteiger partial charge in [-0.25, -0.2) is 9.78 Å². The highest BCUT2D eigenvalue weighted by Crippen LogP contribution is 2.24. The molecule has 2 aromatic rings. The molecule has 0 aliphatic carbocycles. The van der Waals surface area contributed by atoms with Crippen LogP contribution in [0, 0.1) is 0 Å². The second-order valence-electron chi connectivity index (χ2n) is 7.23. The molecule has 0 saturated carbocycles. The van der Waals surface area contributed by atoms with Crippen LogP contribution in [0.3, 0.4) is 0 Å². The van der Waals surface area contributed by atoms with Crippen LogP contribution >= 0.6 is 0 Å². The monoisotopic (exact) mass is 354 g/mol. The summed E-state index contributed by atoms with van der Waals surface area (Å²) in [6.45, 7) is 4.19. The highest BCUT2D eigenvalue weighted by atomic mass is 16.3. The van der Waals surface area contributed by atoms with Gasteiger partial charge in [-0.15, -0.1) is 0 Å². The Morgan fingerprint density at radius 3 is 2.85 bits per heavy atom. The highest BCUT2D eigenvalue weighted by Gasteiger charge is 2.29. The van der Waals surface area contributed by atoms with Crippen LogP contribution in [0.25, 0.3) is 11.3 Å². The van der Waals surface area contributed by atoms with E-state index in [4.69, 9.17) is 4.42 Å². The quantitative estimate of drug-likeness (QED) is 0.906. The Kier molecular flexibility index (Phi) is 5.20. The molecule has 2 aliphatic rings. The van der Waals surface area contributed by atoms with Gasteiger partial charge in [-0.2, -0.15) is 0 Å². The maximum absolute atomic E-state index is 12.9. The summed E-state index contributed by atoms with van der Waals surface area (Å²) >= 11 is 0. The average molecular weight is 354 g/mol. The maximum atomic E-state index is 12.9. The van der Waals surface area contributed by atoms with Crippen LogP contribution in [0.1, 0.15) is 32.1 Å². The lowest BCUT2D eigenvalue weighted by Crippen LogP contribution is -2.50. The third-order valence-corrected chi connectivity index (χ3v) is 5.39. The van der Waals surface area contributed by atoms with Crippen molar-refractivity contribution in [1.82, 2.24) is 14.8 Å². The number of anilines is 1. The minimum atomic E-state index is 0.00335. The van der Waals surface area contributed by atoms with Crippen molar-refractivity contribution in [2.75, 3.05) is 31.5 Å². The van der Waals surface area contributed by atoms with E-state index in [9.17, 15) is 4.79 Å². The van der Waals surface area contributed by atoms with E-state index in [0.717, 1.165) is 37.2 Å². The molecule has 2 aliphatic heterocycles. The van der Waals surface area contributed by atoms with E-state index in [1.807, 2.05) is 29.2 Å².